The second-order valence-electron chi connectivity index (χ2n) is 5.86. The molecule has 1 aromatic carbocycles. The van der Waals surface area contributed by atoms with E-state index in [-0.39, 0.29) is 0 Å². The molecule has 3 heteroatoms. The summed E-state index contributed by atoms with van der Waals surface area (Å²) in [5.74, 6) is 0. The summed E-state index contributed by atoms with van der Waals surface area (Å²) in [4.78, 5) is 4.97. The number of hydrogen-bond acceptors (Lipinski definition) is 3. The third-order valence-electron chi connectivity index (χ3n) is 4.24. The van der Waals surface area contributed by atoms with Crippen LogP contribution in [0.15, 0.2) is 24.3 Å². The zero-order chi connectivity index (χ0) is 13.7. The predicted octanol–water partition coefficient (Wildman–Crippen LogP) is 2.23. The van der Waals surface area contributed by atoms with Crippen LogP contribution in [0.2, 0.25) is 0 Å². The highest BCUT2D eigenvalue weighted by atomic mass is 15.2. The summed E-state index contributed by atoms with van der Waals surface area (Å²) < 4.78 is 0. The fourth-order valence-corrected chi connectivity index (χ4v) is 2.90. The number of nitrogen functional groups attached to an aromatic ring is 1. The van der Waals surface area contributed by atoms with Gasteiger partial charge >= 0.3 is 0 Å². The molecule has 0 unspecified atom stereocenters. The summed E-state index contributed by atoms with van der Waals surface area (Å²) in [6, 6.07) is 9.04. The van der Waals surface area contributed by atoms with E-state index in [1.54, 1.807) is 0 Å². The third kappa shape index (κ3) is 4.51. The van der Waals surface area contributed by atoms with E-state index in [0.717, 1.165) is 18.2 Å². The first-order valence-electron chi connectivity index (χ1n) is 7.38. The van der Waals surface area contributed by atoms with Gasteiger partial charge < -0.3 is 15.5 Å². The Hall–Kier alpha value is -1.06. The molecule has 1 saturated heterocycles. The second-order valence-corrected chi connectivity index (χ2v) is 5.86. The van der Waals surface area contributed by atoms with Gasteiger partial charge in [-0.25, -0.2) is 0 Å². The number of nitrogens with two attached hydrogens (primary N) is 1. The van der Waals surface area contributed by atoms with E-state index in [4.69, 9.17) is 5.73 Å². The summed E-state index contributed by atoms with van der Waals surface area (Å²) in [5, 5.41) is 0. The molecular weight excluding hydrogens is 234 g/mol. The maximum absolute atomic E-state index is 5.80. The molecular formula is C16H27N3. The van der Waals surface area contributed by atoms with Crippen LogP contribution in [0.25, 0.3) is 0 Å². The van der Waals surface area contributed by atoms with Crippen LogP contribution in [0.3, 0.4) is 0 Å². The van der Waals surface area contributed by atoms with Crippen LogP contribution in [0.1, 0.15) is 24.8 Å². The van der Waals surface area contributed by atoms with Crippen molar-refractivity contribution in [2.45, 2.75) is 31.7 Å². The van der Waals surface area contributed by atoms with Crippen molar-refractivity contribution in [1.82, 2.24) is 9.80 Å². The van der Waals surface area contributed by atoms with Gasteiger partial charge in [0.15, 0.2) is 0 Å². The van der Waals surface area contributed by atoms with Crippen LogP contribution in [0.4, 0.5) is 5.69 Å². The van der Waals surface area contributed by atoms with E-state index >= 15 is 0 Å². The molecule has 0 aliphatic carbocycles. The maximum atomic E-state index is 5.80. The lowest BCUT2D eigenvalue weighted by Gasteiger charge is -2.35. The highest BCUT2D eigenvalue weighted by Crippen LogP contribution is 2.15. The zero-order valence-corrected chi connectivity index (χ0v) is 12.3. The number of likely N-dealkylation sites (tertiary alicyclic amines) is 1. The molecule has 3 nitrogen and oxygen atoms in total. The van der Waals surface area contributed by atoms with Gasteiger partial charge in [-0.1, -0.05) is 12.1 Å². The number of hydrogen-bond donors (Lipinski definition) is 1. The van der Waals surface area contributed by atoms with Gasteiger partial charge in [0.25, 0.3) is 0 Å². The van der Waals surface area contributed by atoms with Crippen LogP contribution in [-0.4, -0.2) is 49.6 Å². The van der Waals surface area contributed by atoms with E-state index in [2.05, 4.69) is 36.0 Å². The van der Waals surface area contributed by atoms with Crippen LogP contribution in [-0.2, 0) is 6.42 Å². The average Bonchev–Trinajstić information content (AvgIpc) is 2.39. The van der Waals surface area contributed by atoms with E-state index in [9.17, 15) is 0 Å². The van der Waals surface area contributed by atoms with E-state index in [1.807, 2.05) is 12.1 Å². The Morgan fingerprint density at radius 1 is 1.32 bits per heavy atom. The van der Waals surface area contributed by atoms with Crippen LogP contribution < -0.4 is 5.73 Å². The van der Waals surface area contributed by atoms with Gasteiger partial charge in [0.2, 0.25) is 0 Å². The molecule has 1 aliphatic heterocycles. The van der Waals surface area contributed by atoms with E-state index in [1.165, 1.54) is 44.5 Å². The van der Waals surface area contributed by atoms with Gasteiger partial charge in [-0.05, 0) is 77.1 Å². The van der Waals surface area contributed by atoms with Crippen molar-refractivity contribution in [3.8, 4) is 0 Å². The molecule has 0 amide bonds. The molecule has 106 valence electrons. The number of rotatable bonds is 5. The maximum Gasteiger partial charge on any atom is 0.0316 e. The van der Waals surface area contributed by atoms with Gasteiger partial charge in [0, 0.05) is 11.7 Å². The standard InChI is InChI=1S/C16H27N3/c1-18-11-8-16(9-12-18)19(2)10-4-6-14-5-3-7-15(17)13-14/h3,5,7,13,16H,4,6,8-12,17H2,1-2H3. The smallest absolute Gasteiger partial charge is 0.0316 e. The van der Waals surface area contributed by atoms with Gasteiger partial charge in [-0.15, -0.1) is 0 Å². The first-order chi connectivity index (χ1) is 9.15. The molecule has 0 bridgehead atoms. The Balaban J connectivity index is 1.70. The van der Waals surface area contributed by atoms with Crippen LogP contribution in [0, 0.1) is 0 Å². The lowest BCUT2D eigenvalue weighted by Crippen LogP contribution is -2.42. The molecule has 1 aliphatic rings. The lowest BCUT2D eigenvalue weighted by atomic mass is 10.0. The highest BCUT2D eigenvalue weighted by molar-refractivity contribution is 5.40. The number of benzene rings is 1. The fraction of sp³-hybridized carbons (Fsp3) is 0.625. The molecule has 19 heavy (non-hydrogen) atoms. The Labute approximate surface area is 117 Å². The highest BCUT2D eigenvalue weighted by Gasteiger charge is 2.19. The molecule has 1 fully saturated rings. The molecule has 2 rings (SSSR count). The van der Waals surface area contributed by atoms with Crippen LogP contribution >= 0.6 is 0 Å². The van der Waals surface area contributed by atoms with Crippen molar-refractivity contribution in [1.29, 1.82) is 0 Å². The Morgan fingerprint density at radius 3 is 2.74 bits per heavy atom. The molecule has 0 spiro atoms. The number of aryl methyl sites for hydroxylation is 1. The van der Waals surface area contributed by atoms with Crippen molar-refractivity contribution >= 4 is 5.69 Å². The average molecular weight is 261 g/mol. The molecule has 1 aromatic rings. The summed E-state index contributed by atoms with van der Waals surface area (Å²) in [6.07, 6.45) is 4.96. The third-order valence-corrected chi connectivity index (χ3v) is 4.24. The zero-order valence-electron chi connectivity index (χ0n) is 12.3. The van der Waals surface area contributed by atoms with Gasteiger partial charge in [-0.2, -0.15) is 0 Å². The molecule has 0 atom stereocenters. The quantitative estimate of drug-likeness (QED) is 0.825. The van der Waals surface area contributed by atoms with Crippen molar-refractivity contribution < 1.29 is 0 Å². The lowest BCUT2D eigenvalue weighted by molar-refractivity contribution is 0.143. The van der Waals surface area contributed by atoms with Gasteiger partial charge in [0.1, 0.15) is 0 Å². The molecule has 0 saturated carbocycles. The molecule has 1 heterocycles. The Morgan fingerprint density at radius 2 is 2.05 bits per heavy atom. The number of piperidine rings is 1. The van der Waals surface area contributed by atoms with Crippen molar-refractivity contribution in [3.63, 3.8) is 0 Å². The second kappa shape index (κ2) is 6.92. The molecule has 0 aromatic heterocycles. The monoisotopic (exact) mass is 261 g/mol. The minimum Gasteiger partial charge on any atom is -0.399 e. The summed E-state index contributed by atoms with van der Waals surface area (Å²) in [7, 11) is 4.49. The van der Waals surface area contributed by atoms with E-state index in [0.29, 0.717) is 0 Å². The molecule has 2 N–H and O–H groups in total. The first kappa shape index (κ1) is 14.4. The Bertz CT molecular complexity index is 383. The van der Waals surface area contributed by atoms with Crippen LogP contribution in [0.5, 0.6) is 0 Å². The predicted molar refractivity (Wildman–Crippen MR) is 82.3 cm³/mol. The normalized spacial score (nSPS) is 18.1. The summed E-state index contributed by atoms with van der Waals surface area (Å²) in [6.45, 7) is 3.66. The van der Waals surface area contributed by atoms with Crippen molar-refractivity contribution in [2.75, 3.05) is 39.5 Å². The van der Waals surface area contributed by atoms with Crippen molar-refractivity contribution in [3.05, 3.63) is 29.8 Å². The molecule has 0 radical (unpaired) electrons. The van der Waals surface area contributed by atoms with Crippen molar-refractivity contribution in [2.24, 2.45) is 0 Å². The number of anilines is 1. The fourth-order valence-electron chi connectivity index (χ4n) is 2.90. The topological polar surface area (TPSA) is 32.5 Å². The summed E-state index contributed by atoms with van der Waals surface area (Å²) >= 11 is 0. The minimum absolute atomic E-state index is 0.775. The largest absolute Gasteiger partial charge is 0.399 e. The van der Waals surface area contributed by atoms with E-state index < -0.39 is 0 Å². The summed E-state index contributed by atoms with van der Waals surface area (Å²) in [5.41, 5.74) is 8.04. The van der Waals surface area contributed by atoms with Gasteiger partial charge in [-0.3, -0.25) is 0 Å². The first-order valence-corrected chi connectivity index (χ1v) is 7.38. The van der Waals surface area contributed by atoms with Gasteiger partial charge in [0.05, 0.1) is 0 Å². The minimum atomic E-state index is 0.775. The Kier molecular flexibility index (Phi) is 5.23. The SMILES string of the molecule is CN1CCC(N(C)CCCc2cccc(N)c2)CC1. The number of nitrogens with zero attached hydrogens (tertiary/aromatic N) is 2.